The SMILES string of the molecule is CC(C)c1nn(C)c(-c2ccccc2)c1[N+](=O)[O-]. The molecule has 94 valence electrons. The Morgan fingerprint density at radius 2 is 1.89 bits per heavy atom. The molecule has 0 spiro atoms. The highest BCUT2D eigenvalue weighted by Gasteiger charge is 2.28. The van der Waals surface area contributed by atoms with Crippen molar-refractivity contribution in [3.63, 3.8) is 0 Å². The highest BCUT2D eigenvalue weighted by atomic mass is 16.6. The molecule has 0 bridgehead atoms. The zero-order valence-corrected chi connectivity index (χ0v) is 10.6. The normalized spacial score (nSPS) is 10.9. The quantitative estimate of drug-likeness (QED) is 0.616. The van der Waals surface area contributed by atoms with E-state index in [0.29, 0.717) is 11.4 Å². The van der Waals surface area contributed by atoms with Crippen LogP contribution in [-0.4, -0.2) is 14.7 Å². The first kappa shape index (κ1) is 12.3. The second kappa shape index (κ2) is 4.60. The molecule has 0 aliphatic heterocycles. The van der Waals surface area contributed by atoms with Crippen LogP contribution in [0.5, 0.6) is 0 Å². The van der Waals surface area contributed by atoms with Gasteiger partial charge in [-0.05, 0) is 0 Å². The van der Waals surface area contributed by atoms with Crippen molar-refractivity contribution in [1.82, 2.24) is 9.78 Å². The molecule has 0 saturated heterocycles. The Morgan fingerprint density at radius 3 is 2.39 bits per heavy atom. The number of aryl methyl sites for hydroxylation is 1. The fraction of sp³-hybridized carbons (Fsp3) is 0.308. The van der Waals surface area contributed by atoms with E-state index < -0.39 is 0 Å². The summed E-state index contributed by atoms with van der Waals surface area (Å²) in [4.78, 5) is 10.9. The van der Waals surface area contributed by atoms with E-state index in [1.54, 1.807) is 11.7 Å². The molecule has 1 aromatic carbocycles. The first-order chi connectivity index (χ1) is 8.52. The molecular formula is C13H15N3O2. The summed E-state index contributed by atoms with van der Waals surface area (Å²) < 4.78 is 1.59. The number of benzene rings is 1. The summed E-state index contributed by atoms with van der Waals surface area (Å²) >= 11 is 0. The maximum atomic E-state index is 11.3. The Kier molecular flexibility index (Phi) is 3.14. The predicted octanol–water partition coefficient (Wildman–Crippen LogP) is 3.12. The van der Waals surface area contributed by atoms with Crippen LogP contribution in [0, 0.1) is 10.1 Å². The third-order valence-electron chi connectivity index (χ3n) is 2.82. The molecule has 1 aromatic heterocycles. The second-order valence-electron chi connectivity index (χ2n) is 4.48. The number of hydrogen-bond acceptors (Lipinski definition) is 3. The van der Waals surface area contributed by atoms with Crippen LogP contribution in [0.15, 0.2) is 30.3 Å². The molecule has 0 atom stereocenters. The molecule has 2 aromatic rings. The second-order valence-corrected chi connectivity index (χ2v) is 4.48. The number of rotatable bonds is 3. The first-order valence-corrected chi connectivity index (χ1v) is 5.79. The van der Waals surface area contributed by atoms with Crippen LogP contribution in [0.2, 0.25) is 0 Å². The van der Waals surface area contributed by atoms with Crippen molar-refractivity contribution in [2.45, 2.75) is 19.8 Å². The molecule has 0 amide bonds. The lowest BCUT2D eigenvalue weighted by Gasteiger charge is -2.01. The van der Waals surface area contributed by atoms with Gasteiger partial charge in [-0.2, -0.15) is 5.10 Å². The Hall–Kier alpha value is -2.17. The Balaban J connectivity index is 2.71. The average Bonchev–Trinajstić information content (AvgIpc) is 2.68. The Morgan fingerprint density at radius 1 is 1.28 bits per heavy atom. The zero-order chi connectivity index (χ0) is 13.3. The molecular weight excluding hydrogens is 230 g/mol. The highest BCUT2D eigenvalue weighted by molar-refractivity contribution is 5.71. The monoisotopic (exact) mass is 245 g/mol. The fourth-order valence-corrected chi connectivity index (χ4v) is 2.02. The molecule has 5 nitrogen and oxygen atoms in total. The van der Waals surface area contributed by atoms with Crippen LogP contribution < -0.4 is 0 Å². The van der Waals surface area contributed by atoms with Crippen LogP contribution in [0.3, 0.4) is 0 Å². The maximum Gasteiger partial charge on any atom is 0.318 e. The van der Waals surface area contributed by atoms with Crippen LogP contribution in [0.25, 0.3) is 11.3 Å². The van der Waals surface area contributed by atoms with Gasteiger partial charge in [0.2, 0.25) is 0 Å². The van der Waals surface area contributed by atoms with Crippen LogP contribution in [0.1, 0.15) is 25.5 Å². The van der Waals surface area contributed by atoms with E-state index in [2.05, 4.69) is 5.10 Å². The summed E-state index contributed by atoms with van der Waals surface area (Å²) in [5.41, 5.74) is 2.01. The van der Waals surface area contributed by atoms with E-state index in [1.807, 2.05) is 44.2 Å². The van der Waals surface area contributed by atoms with Crippen molar-refractivity contribution in [3.05, 3.63) is 46.1 Å². The van der Waals surface area contributed by atoms with Gasteiger partial charge in [0.15, 0.2) is 0 Å². The number of nitrogens with zero attached hydrogens (tertiary/aromatic N) is 3. The third-order valence-corrected chi connectivity index (χ3v) is 2.82. The predicted molar refractivity (Wildman–Crippen MR) is 69.4 cm³/mol. The number of hydrogen-bond donors (Lipinski definition) is 0. The lowest BCUT2D eigenvalue weighted by Crippen LogP contribution is -1.96. The van der Waals surface area contributed by atoms with Gasteiger partial charge in [0, 0.05) is 18.5 Å². The first-order valence-electron chi connectivity index (χ1n) is 5.79. The lowest BCUT2D eigenvalue weighted by molar-refractivity contribution is -0.385. The molecule has 0 unspecified atom stereocenters. The summed E-state index contributed by atoms with van der Waals surface area (Å²) in [6, 6.07) is 9.32. The summed E-state index contributed by atoms with van der Waals surface area (Å²) in [6.07, 6.45) is 0. The van der Waals surface area contributed by atoms with Gasteiger partial charge in [-0.25, -0.2) is 0 Å². The van der Waals surface area contributed by atoms with Gasteiger partial charge in [0.25, 0.3) is 0 Å². The van der Waals surface area contributed by atoms with E-state index in [9.17, 15) is 10.1 Å². The van der Waals surface area contributed by atoms with Gasteiger partial charge >= 0.3 is 5.69 Å². The molecule has 1 heterocycles. The summed E-state index contributed by atoms with van der Waals surface area (Å²) in [7, 11) is 1.74. The van der Waals surface area contributed by atoms with Crippen molar-refractivity contribution in [2.24, 2.45) is 7.05 Å². The van der Waals surface area contributed by atoms with Crippen LogP contribution in [-0.2, 0) is 7.05 Å². The van der Waals surface area contributed by atoms with Crippen molar-refractivity contribution in [2.75, 3.05) is 0 Å². The maximum absolute atomic E-state index is 11.3. The Bertz CT molecular complexity index is 573. The van der Waals surface area contributed by atoms with E-state index in [1.165, 1.54) is 0 Å². The Labute approximate surface area is 105 Å². The minimum Gasteiger partial charge on any atom is -0.261 e. The van der Waals surface area contributed by atoms with Crippen molar-refractivity contribution in [1.29, 1.82) is 0 Å². The summed E-state index contributed by atoms with van der Waals surface area (Å²) in [6.45, 7) is 3.81. The summed E-state index contributed by atoms with van der Waals surface area (Å²) in [5.74, 6) is 0.0223. The molecule has 0 radical (unpaired) electrons. The highest BCUT2D eigenvalue weighted by Crippen LogP contribution is 2.35. The molecule has 0 aliphatic carbocycles. The fourth-order valence-electron chi connectivity index (χ4n) is 2.02. The minimum atomic E-state index is -0.343. The van der Waals surface area contributed by atoms with E-state index in [0.717, 1.165) is 5.56 Å². The molecule has 0 N–H and O–H groups in total. The topological polar surface area (TPSA) is 61.0 Å². The van der Waals surface area contributed by atoms with Crippen molar-refractivity contribution in [3.8, 4) is 11.3 Å². The molecule has 5 heteroatoms. The largest absolute Gasteiger partial charge is 0.318 e. The number of aromatic nitrogens is 2. The van der Waals surface area contributed by atoms with Crippen LogP contribution >= 0.6 is 0 Å². The molecule has 0 aliphatic rings. The standard InChI is InChI=1S/C13H15N3O2/c1-9(2)11-13(16(17)18)12(15(3)14-11)10-7-5-4-6-8-10/h4-9H,1-3H3. The van der Waals surface area contributed by atoms with Gasteiger partial charge in [-0.15, -0.1) is 0 Å². The van der Waals surface area contributed by atoms with Gasteiger partial charge in [-0.1, -0.05) is 44.2 Å². The van der Waals surface area contributed by atoms with Gasteiger partial charge in [-0.3, -0.25) is 14.8 Å². The minimum absolute atomic E-state index is 0.0223. The summed E-state index contributed by atoms with van der Waals surface area (Å²) in [5, 5.41) is 15.6. The molecule has 0 saturated carbocycles. The van der Waals surface area contributed by atoms with Gasteiger partial charge < -0.3 is 0 Å². The molecule has 18 heavy (non-hydrogen) atoms. The lowest BCUT2D eigenvalue weighted by atomic mass is 10.1. The van der Waals surface area contributed by atoms with E-state index in [4.69, 9.17) is 0 Å². The third kappa shape index (κ3) is 1.99. The number of nitro groups is 1. The van der Waals surface area contributed by atoms with Crippen LogP contribution in [0.4, 0.5) is 5.69 Å². The van der Waals surface area contributed by atoms with Crippen molar-refractivity contribution >= 4 is 5.69 Å². The van der Waals surface area contributed by atoms with Gasteiger partial charge in [0.1, 0.15) is 11.4 Å². The average molecular weight is 245 g/mol. The van der Waals surface area contributed by atoms with E-state index in [-0.39, 0.29) is 16.5 Å². The molecule has 0 fully saturated rings. The smallest absolute Gasteiger partial charge is 0.261 e. The molecule has 2 rings (SSSR count). The zero-order valence-electron chi connectivity index (χ0n) is 10.6. The van der Waals surface area contributed by atoms with Crippen molar-refractivity contribution < 1.29 is 4.92 Å². The van der Waals surface area contributed by atoms with E-state index >= 15 is 0 Å². The van der Waals surface area contributed by atoms with Gasteiger partial charge in [0.05, 0.1) is 4.92 Å².